The fraction of sp³-hybridized carbons (Fsp3) is 0.625. The molecule has 1 aliphatic rings. The molecule has 0 unspecified atom stereocenters. The first-order valence-electron chi connectivity index (χ1n) is 7.91. The average Bonchev–Trinajstić information content (AvgIpc) is 3.11. The van der Waals surface area contributed by atoms with E-state index in [1.54, 1.807) is 0 Å². The van der Waals surface area contributed by atoms with Crippen molar-refractivity contribution in [1.29, 1.82) is 0 Å². The second-order valence-corrected chi connectivity index (χ2v) is 5.80. The molecule has 2 aromatic heterocycles. The number of aromatic nitrogens is 4. The van der Waals surface area contributed by atoms with E-state index in [4.69, 9.17) is 5.10 Å². The molecule has 0 radical (unpaired) electrons. The summed E-state index contributed by atoms with van der Waals surface area (Å²) in [4.78, 5) is 4.43. The molecule has 4 heteroatoms. The van der Waals surface area contributed by atoms with Crippen molar-refractivity contribution in [2.24, 2.45) is 0 Å². The third kappa shape index (κ3) is 2.94. The Kier molecular flexibility index (Phi) is 4.19. The quantitative estimate of drug-likeness (QED) is 0.834. The molecule has 0 atom stereocenters. The first-order chi connectivity index (χ1) is 9.86. The summed E-state index contributed by atoms with van der Waals surface area (Å²) in [5.41, 5.74) is 1.14. The van der Waals surface area contributed by atoms with Crippen molar-refractivity contribution in [2.45, 2.75) is 64.5 Å². The molecule has 20 heavy (non-hydrogen) atoms. The third-order valence-electron chi connectivity index (χ3n) is 4.22. The normalized spacial score (nSPS) is 16.6. The van der Waals surface area contributed by atoms with Gasteiger partial charge in [0.1, 0.15) is 5.82 Å². The van der Waals surface area contributed by atoms with Crippen LogP contribution in [0, 0.1) is 0 Å². The minimum absolute atomic E-state index is 0.621. The van der Waals surface area contributed by atoms with Gasteiger partial charge in [-0.1, -0.05) is 26.2 Å². The van der Waals surface area contributed by atoms with Gasteiger partial charge in [0.05, 0.1) is 18.3 Å². The summed E-state index contributed by atoms with van der Waals surface area (Å²) < 4.78 is 4.40. The number of hydrogen-bond donors (Lipinski definition) is 0. The van der Waals surface area contributed by atoms with Gasteiger partial charge in [0, 0.05) is 25.0 Å². The maximum Gasteiger partial charge on any atom is 0.108 e. The van der Waals surface area contributed by atoms with Gasteiger partial charge in [-0.15, -0.1) is 0 Å². The summed E-state index contributed by atoms with van der Waals surface area (Å²) in [6, 6.07) is 2.78. The van der Waals surface area contributed by atoms with E-state index in [1.165, 1.54) is 37.9 Å². The Morgan fingerprint density at radius 3 is 2.85 bits per heavy atom. The van der Waals surface area contributed by atoms with Crippen molar-refractivity contribution in [3.63, 3.8) is 0 Å². The Bertz CT molecular complexity index is 534. The van der Waals surface area contributed by atoms with Crippen LogP contribution >= 0.6 is 0 Å². The molecule has 0 aromatic carbocycles. The van der Waals surface area contributed by atoms with Crippen LogP contribution in [-0.2, 0) is 13.0 Å². The Morgan fingerprint density at radius 1 is 1.20 bits per heavy atom. The van der Waals surface area contributed by atoms with E-state index in [2.05, 4.69) is 39.6 Å². The van der Waals surface area contributed by atoms with Crippen LogP contribution in [0.15, 0.2) is 24.7 Å². The van der Waals surface area contributed by atoms with Gasteiger partial charge in [-0.25, -0.2) is 4.98 Å². The lowest BCUT2D eigenvalue weighted by Gasteiger charge is -2.21. The number of hydrogen-bond acceptors (Lipinski definition) is 2. The van der Waals surface area contributed by atoms with Crippen molar-refractivity contribution in [2.75, 3.05) is 0 Å². The van der Waals surface area contributed by atoms with Crippen molar-refractivity contribution < 1.29 is 0 Å². The minimum atomic E-state index is 0.621. The molecule has 108 valence electrons. The number of imidazole rings is 1. The van der Waals surface area contributed by atoms with Crippen LogP contribution in [-0.4, -0.2) is 19.3 Å². The standard InChI is InChI=1S/C16H24N4/c1-2-6-16-17-10-12-19(16)13-14-9-11-20(18-14)15-7-4-3-5-8-15/h9-12,15H,2-8,13H2,1H3. The molecule has 0 amide bonds. The maximum absolute atomic E-state index is 4.78. The summed E-state index contributed by atoms with van der Waals surface area (Å²) in [6.07, 6.45) is 14.9. The van der Waals surface area contributed by atoms with Crippen LogP contribution in [0.1, 0.15) is 63.0 Å². The third-order valence-corrected chi connectivity index (χ3v) is 4.22. The fourth-order valence-electron chi connectivity index (χ4n) is 3.12. The Balaban J connectivity index is 1.68. The lowest BCUT2D eigenvalue weighted by Crippen LogP contribution is -2.14. The number of rotatable bonds is 5. The van der Waals surface area contributed by atoms with Crippen molar-refractivity contribution >= 4 is 0 Å². The Hall–Kier alpha value is -1.58. The predicted molar refractivity (Wildman–Crippen MR) is 79.7 cm³/mol. The Labute approximate surface area is 120 Å². The largest absolute Gasteiger partial charge is 0.329 e. The predicted octanol–water partition coefficient (Wildman–Crippen LogP) is 3.59. The Morgan fingerprint density at radius 2 is 2.05 bits per heavy atom. The lowest BCUT2D eigenvalue weighted by atomic mass is 9.96. The second kappa shape index (κ2) is 6.25. The molecule has 1 aliphatic carbocycles. The smallest absolute Gasteiger partial charge is 0.108 e. The summed E-state index contributed by atoms with van der Waals surface area (Å²) in [6.45, 7) is 3.03. The maximum atomic E-state index is 4.78. The fourth-order valence-corrected chi connectivity index (χ4v) is 3.12. The lowest BCUT2D eigenvalue weighted by molar-refractivity contribution is 0.328. The van der Waals surface area contributed by atoms with Gasteiger partial charge in [-0.2, -0.15) is 5.10 Å². The average molecular weight is 272 g/mol. The highest BCUT2D eigenvalue weighted by molar-refractivity contribution is 5.04. The van der Waals surface area contributed by atoms with Crippen molar-refractivity contribution in [3.05, 3.63) is 36.2 Å². The SMILES string of the molecule is CCCc1nccn1Cc1ccn(C2CCCCC2)n1. The van der Waals surface area contributed by atoms with Gasteiger partial charge in [0.25, 0.3) is 0 Å². The van der Waals surface area contributed by atoms with E-state index in [1.807, 2.05) is 6.20 Å². The zero-order chi connectivity index (χ0) is 13.8. The molecule has 4 nitrogen and oxygen atoms in total. The van der Waals surface area contributed by atoms with Gasteiger partial charge in [0.2, 0.25) is 0 Å². The summed E-state index contributed by atoms with van der Waals surface area (Å²) in [5, 5.41) is 4.78. The highest BCUT2D eigenvalue weighted by atomic mass is 15.3. The highest BCUT2D eigenvalue weighted by Crippen LogP contribution is 2.27. The summed E-state index contributed by atoms with van der Waals surface area (Å²) in [5.74, 6) is 1.17. The highest BCUT2D eigenvalue weighted by Gasteiger charge is 2.16. The first-order valence-corrected chi connectivity index (χ1v) is 7.91. The molecule has 1 fully saturated rings. The molecule has 0 N–H and O–H groups in total. The van der Waals surface area contributed by atoms with Crippen LogP contribution in [0.4, 0.5) is 0 Å². The molecule has 1 saturated carbocycles. The monoisotopic (exact) mass is 272 g/mol. The molecular weight excluding hydrogens is 248 g/mol. The molecule has 0 saturated heterocycles. The van der Waals surface area contributed by atoms with Crippen LogP contribution in [0.5, 0.6) is 0 Å². The minimum Gasteiger partial charge on any atom is -0.329 e. The van der Waals surface area contributed by atoms with Crippen molar-refractivity contribution in [1.82, 2.24) is 19.3 Å². The number of nitrogens with zero attached hydrogens (tertiary/aromatic N) is 4. The van der Waals surface area contributed by atoms with Gasteiger partial charge >= 0.3 is 0 Å². The van der Waals surface area contributed by atoms with Gasteiger partial charge in [0.15, 0.2) is 0 Å². The van der Waals surface area contributed by atoms with E-state index in [0.29, 0.717) is 6.04 Å². The van der Waals surface area contributed by atoms with Crippen LogP contribution in [0.3, 0.4) is 0 Å². The molecule has 2 heterocycles. The zero-order valence-electron chi connectivity index (χ0n) is 12.3. The van der Waals surface area contributed by atoms with E-state index in [9.17, 15) is 0 Å². The van der Waals surface area contributed by atoms with Gasteiger partial charge < -0.3 is 4.57 Å². The van der Waals surface area contributed by atoms with Crippen LogP contribution in [0.25, 0.3) is 0 Å². The first kappa shape index (κ1) is 13.4. The summed E-state index contributed by atoms with van der Waals surface area (Å²) >= 11 is 0. The molecular formula is C16H24N4. The van der Waals surface area contributed by atoms with Gasteiger partial charge in [-0.05, 0) is 25.3 Å². The topological polar surface area (TPSA) is 35.6 Å². The second-order valence-electron chi connectivity index (χ2n) is 5.80. The molecule has 0 aliphatic heterocycles. The van der Waals surface area contributed by atoms with Gasteiger partial charge in [-0.3, -0.25) is 4.68 Å². The molecule has 3 rings (SSSR count). The van der Waals surface area contributed by atoms with E-state index < -0.39 is 0 Å². The zero-order valence-corrected chi connectivity index (χ0v) is 12.3. The molecule has 2 aromatic rings. The van der Waals surface area contributed by atoms with E-state index >= 15 is 0 Å². The van der Waals surface area contributed by atoms with Crippen LogP contribution in [0.2, 0.25) is 0 Å². The van der Waals surface area contributed by atoms with Crippen LogP contribution < -0.4 is 0 Å². The van der Waals surface area contributed by atoms with E-state index in [-0.39, 0.29) is 0 Å². The van der Waals surface area contributed by atoms with E-state index in [0.717, 1.165) is 25.1 Å². The molecule has 0 bridgehead atoms. The number of aryl methyl sites for hydroxylation is 1. The summed E-state index contributed by atoms with van der Waals surface area (Å²) in [7, 11) is 0. The molecule has 0 spiro atoms. The van der Waals surface area contributed by atoms with Crippen molar-refractivity contribution in [3.8, 4) is 0 Å².